The molecule has 1 heterocycles. The number of carboxylic acids is 1. The predicted octanol–water partition coefficient (Wildman–Crippen LogP) is 0.954. The number of benzene rings is 2. The summed E-state index contributed by atoms with van der Waals surface area (Å²) in [6.07, 6.45) is 0.867. The predicted molar refractivity (Wildman–Crippen MR) is 115 cm³/mol. The lowest BCUT2D eigenvalue weighted by Crippen LogP contribution is -2.52. The van der Waals surface area contributed by atoms with Gasteiger partial charge in [-0.2, -0.15) is 0 Å². The van der Waals surface area contributed by atoms with E-state index >= 15 is 0 Å². The van der Waals surface area contributed by atoms with Gasteiger partial charge >= 0.3 is 5.97 Å². The van der Waals surface area contributed by atoms with Crippen molar-refractivity contribution in [3.63, 3.8) is 0 Å². The Labute approximate surface area is 175 Å². The van der Waals surface area contributed by atoms with Crippen molar-refractivity contribution in [2.24, 2.45) is 0 Å². The summed E-state index contributed by atoms with van der Waals surface area (Å²) in [5.74, 6) is -2.52. The topological polar surface area (TPSA) is 119 Å². The van der Waals surface area contributed by atoms with Crippen LogP contribution in [0.1, 0.15) is 0 Å². The van der Waals surface area contributed by atoms with Gasteiger partial charge in [-0.25, -0.2) is 17.5 Å². The standard InChI is InChI=1S/C20H24N4O5S/c1-30(28,29)24(17-5-3-2-4-6-17)18(20(26)27)19(25)22-15-7-9-16(10-8-15)23-13-11-21-12-14-23/h2-10,18,21H,11-14H2,1H3,(H,22,25)(H,26,27). The lowest BCUT2D eigenvalue weighted by Gasteiger charge is -2.29. The van der Waals surface area contributed by atoms with Crippen LogP contribution in [0.15, 0.2) is 54.6 Å². The van der Waals surface area contributed by atoms with E-state index in [2.05, 4.69) is 15.5 Å². The summed E-state index contributed by atoms with van der Waals surface area (Å²) in [6, 6.07) is 12.7. The Morgan fingerprint density at radius 3 is 2.20 bits per heavy atom. The maximum atomic E-state index is 12.8. The quantitative estimate of drug-likeness (QED) is 0.558. The molecule has 3 rings (SSSR count). The van der Waals surface area contributed by atoms with E-state index in [-0.39, 0.29) is 5.69 Å². The van der Waals surface area contributed by atoms with Crippen molar-refractivity contribution in [1.29, 1.82) is 0 Å². The van der Waals surface area contributed by atoms with Crippen molar-refractivity contribution in [3.8, 4) is 0 Å². The Morgan fingerprint density at radius 2 is 1.67 bits per heavy atom. The third-order valence-electron chi connectivity index (χ3n) is 4.70. The van der Waals surface area contributed by atoms with Crippen LogP contribution in [0.5, 0.6) is 0 Å². The molecule has 30 heavy (non-hydrogen) atoms. The molecule has 2 aromatic carbocycles. The summed E-state index contributed by atoms with van der Waals surface area (Å²) in [5, 5.41) is 15.4. The highest BCUT2D eigenvalue weighted by Gasteiger charge is 2.38. The smallest absolute Gasteiger partial charge is 0.337 e. The number of rotatable bonds is 7. The largest absolute Gasteiger partial charge is 0.479 e. The molecule has 1 saturated heterocycles. The van der Waals surface area contributed by atoms with Crippen LogP contribution in [0.4, 0.5) is 17.1 Å². The minimum absolute atomic E-state index is 0.0941. The Kier molecular flexibility index (Phi) is 6.58. The molecular weight excluding hydrogens is 408 g/mol. The van der Waals surface area contributed by atoms with Crippen LogP contribution in [0.3, 0.4) is 0 Å². The van der Waals surface area contributed by atoms with Gasteiger partial charge in [-0.15, -0.1) is 0 Å². The molecule has 1 amide bonds. The number of hydrogen-bond acceptors (Lipinski definition) is 6. The first kappa shape index (κ1) is 21.6. The molecule has 10 heteroatoms. The number of piperazine rings is 1. The molecule has 0 aliphatic carbocycles. The molecule has 2 aromatic rings. The average molecular weight is 433 g/mol. The zero-order chi connectivity index (χ0) is 21.7. The van der Waals surface area contributed by atoms with Crippen LogP contribution in [-0.2, 0) is 19.6 Å². The highest BCUT2D eigenvalue weighted by Crippen LogP contribution is 2.23. The first-order valence-electron chi connectivity index (χ1n) is 9.41. The van der Waals surface area contributed by atoms with Crippen LogP contribution >= 0.6 is 0 Å². The second kappa shape index (κ2) is 9.14. The van der Waals surface area contributed by atoms with E-state index in [0.717, 1.165) is 38.1 Å². The van der Waals surface area contributed by atoms with Gasteiger partial charge in [0.15, 0.2) is 0 Å². The highest BCUT2D eigenvalue weighted by molar-refractivity contribution is 7.92. The molecule has 9 nitrogen and oxygen atoms in total. The van der Waals surface area contributed by atoms with Crippen molar-refractivity contribution < 1.29 is 23.1 Å². The molecule has 1 fully saturated rings. The molecule has 0 bridgehead atoms. The molecule has 160 valence electrons. The van der Waals surface area contributed by atoms with Crippen LogP contribution in [0, 0.1) is 0 Å². The van der Waals surface area contributed by atoms with Crippen molar-refractivity contribution in [2.75, 3.05) is 47.0 Å². The number of sulfonamides is 1. The molecule has 0 aromatic heterocycles. The van der Waals surface area contributed by atoms with Crippen LogP contribution < -0.4 is 19.8 Å². The van der Waals surface area contributed by atoms with Gasteiger partial charge in [0.25, 0.3) is 5.91 Å². The average Bonchev–Trinajstić information content (AvgIpc) is 2.72. The summed E-state index contributed by atoms with van der Waals surface area (Å²) in [7, 11) is -4.04. The Morgan fingerprint density at radius 1 is 1.07 bits per heavy atom. The van der Waals surface area contributed by atoms with E-state index in [1.54, 1.807) is 30.3 Å². The summed E-state index contributed by atoms with van der Waals surface area (Å²) >= 11 is 0. The minimum Gasteiger partial charge on any atom is -0.479 e. The zero-order valence-electron chi connectivity index (χ0n) is 16.5. The molecule has 3 N–H and O–H groups in total. The fourth-order valence-electron chi connectivity index (χ4n) is 3.32. The van der Waals surface area contributed by atoms with Crippen LogP contribution in [0.2, 0.25) is 0 Å². The Balaban J connectivity index is 1.82. The van der Waals surface area contributed by atoms with Gasteiger partial charge in [-0.1, -0.05) is 18.2 Å². The number of carboxylic acid groups (broad SMARTS) is 1. The Hall–Kier alpha value is -3.11. The number of hydrogen-bond donors (Lipinski definition) is 3. The normalized spacial score (nSPS) is 15.3. The second-order valence-electron chi connectivity index (χ2n) is 6.91. The summed E-state index contributed by atoms with van der Waals surface area (Å²) in [5.41, 5.74) is 1.47. The van der Waals surface area contributed by atoms with Gasteiger partial charge in [-0.05, 0) is 36.4 Å². The molecule has 1 aliphatic heterocycles. The summed E-state index contributed by atoms with van der Waals surface area (Å²) in [4.78, 5) is 26.9. The van der Waals surface area contributed by atoms with Gasteiger partial charge in [0.1, 0.15) is 0 Å². The van der Waals surface area contributed by atoms with Gasteiger partial charge in [-0.3, -0.25) is 4.79 Å². The van der Waals surface area contributed by atoms with Gasteiger partial charge in [0, 0.05) is 37.6 Å². The zero-order valence-corrected chi connectivity index (χ0v) is 17.3. The van der Waals surface area contributed by atoms with E-state index in [1.807, 2.05) is 12.1 Å². The lowest BCUT2D eigenvalue weighted by molar-refractivity contribution is -0.141. The van der Waals surface area contributed by atoms with Gasteiger partial charge < -0.3 is 20.6 Å². The summed E-state index contributed by atoms with van der Waals surface area (Å²) in [6.45, 7) is 3.51. The molecule has 0 radical (unpaired) electrons. The van der Waals surface area contributed by atoms with E-state index in [0.29, 0.717) is 9.99 Å². The Bertz CT molecular complexity index is 990. The van der Waals surface area contributed by atoms with Crippen LogP contribution in [-0.4, -0.2) is 63.9 Å². The third kappa shape index (κ3) is 5.08. The summed E-state index contributed by atoms with van der Waals surface area (Å²) < 4.78 is 25.3. The first-order valence-corrected chi connectivity index (χ1v) is 11.3. The monoisotopic (exact) mass is 432 g/mol. The van der Waals surface area contributed by atoms with Crippen molar-refractivity contribution in [3.05, 3.63) is 54.6 Å². The maximum Gasteiger partial charge on any atom is 0.337 e. The fourth-order valence-corrected chi connectivity index (χ4v) is 4.39. The molecule has 1 unspecified atom stereocenters. The second-order valence-corrected chi connectivity index (χ2v) is 8.77. The molecule has 0 spiro atoms. The minimum atomic E-state index is -4.04. The number of amides is 1. The number of carbonyl (C=O) groups excluding carboxylic acids is 1. The number of para-hydroxylation sites is 1. The first-order chi connectivity index (χ1) is 14.3. The highest BCUT2D eigenvalue weighted by atomic mass is 32.2. The van der Waals surface area contributed by atoms with E-state index in [4.69, 9.17) is 0 Å². The number of carbonyl (C=O) groups is 2. The van der Waals surface area contributed by atoms with Crippen molar-refractivity contribution >= 4 is 39.0 Å². The molecule has 0 saturated carbocycles. The third-order valence-corrected chi connectivity index (χ3v) is 5.84. The SMILES string of the molecule is CS(=O)(=O)N(c1ccccc1)C(C(=O)O)C(=O)Nc1ccc(N2CCNCC2)cc1. The number of aliphatic carboxylic acids is 1. The molecule has 1 aliphatic rings. The fraction of sp³-hybridized carbons (Fsp3) is 0.300. The van der Waals surface area contributed by atoms with Gasteiger partial charge in [0.2, 0.25) is 16.1 Å². The van der Waals surface area contributed by atoms with E-state index < -0.39 is 27.9 Å². The van der Waals surface area contributed by atoms with Crippen LogP contribution in [0.25, 0.3) is 0 Å². The number of nitrogens with zero attached hydrogens (tertiary/aromatic N) is 2. The molecular formula is C20H24N4O5S. The van der Waals surface area contributed by atoms with E-state index in [1.165, 1.54) is 12.1 Å². The molecule has 1 atom stereocenters. The number of anilines is 3. The van der Waals surface area contributed by atoms with Crippen molar-refractivity contribution in [2.45, 2.75) is 6.04 Å². The number of nitrogens with one attached hydrogen (secondary N) is 2. The van der Waals surface area contributed by atoms with Crippen molar-refractivity contribution in [1.82, 2.24) is 5.32 Å². The van der Waals surface area contributed by atoms with Gasteiger partial charge in [0.05, 0.1) is 11.9 Å². The van der Waals surface area contributed by atoms with E-state index in [9.17, 15) is 23.1 Å². The maximum absolute atomic E-state index is 12.8. The lowest BCUT2D eigenvalue weighted by atomic mass is 10.2.